The number of amides is 1. The summed E-state index contributed by atoms with van der Waals surface area (Å²) < 4.78 is 11.5. The standard InChI is InChI=1S/C19H29ClN2O3/c1-4-6-12-25-18-16(20)13-15(14-17(18)24-5-2)19(23)22-9-7-8-21(3)10-11-22/h13-14H,4-12H2,1-3H3. The third kappa shape index (κ3) is 5.51. The van der Waals surface area contributed by atoms with Crippen LogP contribution in [0.3, 0.4) is 0 Å². The third-order valence-corrected chi connectivity index (χ3v) is 4.59. The lowest BCUT2D eigenvalue weighted by Gasteiger charge is -2.22. The van der Waals surface area contributed by atoms with Gasteiger partial charge in [0.2, 0.25) is 0 Å². The molecule has 1 amide bonds. The van der Waals surface area contributed by atoms with Crippen LogP contribution >= 0.6 is 11.6 Å². The molecule has 5 nitrogen and oxygen atoms in total. The van der Waals surface area contributed by atoms with Crippen LogP contribution in [0.5, 0.6) is 11.5 Å². The highest BCUT2D eigenvalue weighted by Gasteiger charge is 2.22. The molecule has 0 unspecified atom stereocenters. The summed E-state index contributed by atoms with van der Waals surface area (Å²) in [4.78, 5) is 17.0. The van der Waals surface area contributed by atoms with Crippen LogP contribution in [-0.2, 0) is 0 Å². The first-order valence-corrected chi connectivity index (χ1v) is 9.51. The van der Waals surface area contributed by atoms with Crippen molar-refractivity contribution >= 4 is 17.5 Å². The van der Waals surface area contributed by atoms with Crippen LogP contribution in [0.4, 0.5) is 0 Å². The van der Waals surface area contributed by atoms with E-state index in [1.54, 1.807) is 12.1 Å². The first-order valence-electron chi connectivity index (χ1n) is 9.13. The maximum Gasteiger partial charge on any atom is 0.254 e. The van der Waals surface area contributed by atoms with E-state index < -0.39 is 0 Å². The van der Waals surface area contributed by atoms with Gasteiger partial charge < -0.3 is 19.3 Å². The van der Waals surface area contributed by atoms with Gasteiger partial charge in [-0.25, -0.2) is 0 Å². The lowest BCUT2D eigenvalue weighted by atomic mass is 10.1. The van der Waals surface area contributed by atoms with E-state index in [4.69, 9.17) is 21.1 Å². The molecule has 1 aliphatic heterocycles. The normalized spacial score (nSPS) is 15.8. The van der Waals surface area contributed by atoms with Gasteiger partial charge in [0.25, 0.3) is 5.91 Å². The first kappa shape index (κ1) is 19.9. The molecule has 0 bridgehead atoms. The number of carbonyl (C=O) groups is 1. The van der Waals surface area contributed by atoms with E-state index >= 15 is 0 Å². The van der Waals surface area contributed by atoms with Crippen molar-refractivity contribution in [3.05, 3.63) is 22.7 Å². The quantitative estimate of drug-likeness (QED) is 0.688. The Kier molecular flexibility index (Phi) is 7.85. The minimum absolute atomic E-state index is 0.00161. The smallest absolute Gasteiger partial charge is 0.254 e. The predicted molar refractivity (Wildman–Crippen MR) is 101 cm³/mol. The molecule has 0 radical (unpaired) electrons. The molecule has 1 saturated heterocycles. The Balaban J connectivity index is 2.20. The Hall–Kier alpha value is -1.46. The summed E-state index contributed by atoms with van der Waals surface area (Å²) in [5, 5.41) is 0.428. The number of halogens is 1. The Labute approximate surface area is 155 Å². The number of hydrogen-bond acceptors (Lipinski definition) is 4. The van der Waals surface area contributed by atoms with Gasteiger partial charge >= 0.3 is 0 Å². The molecule has 0 saturated carbocycles. The summed E-state index contributed by atoms with van der Waals surface area (Å²) in [6, 6.07) is 3.45. The molecule has 0 atom stereocenters. The summed E-state index contributed by atoms with van der Waals surface area (Å²) >= 11 is 6.40. The van der Waals surface area contributed by atoms with E-state index in [1.807, 2.05) is 11.8 Å². The molecule has 1 heterocycles. The average Bonchev–Trinajstić information content (AvgIpc) is 2.81. The van der Waals surface area contributed by atoms with Crippen molar-refractivity contribution in [3.63, 3.8) is 0 Å². The lowest BCUT2D eigenvalue weighted by Crippen LogP contribution is -2.34. The molecule has 0 aromatic heterocycles. The van der Waals surface area contributed by atoms with Crippen LogP contribution in [0, 0.1) is 0 Å². The summed E-state index contributed by atoms with van der Waals surface area (Å²) in [5.41, 5.74) is 0.556. The second-order valence-electron chi connectivity index (χ2n) is 6.37. The summed E-state index contributed by atoms with van der Waals surface area (Å²) in [6.07, 6.45) is 2.97. The minimum Gasteiger partial charge on any atom is -0.490 e. The van der Waals surface area contributed by atoms with Gasteiger partial charge in [0.05, 0.1) is 18.2 Å². The van der Waals surface area contributed by atoms with Crippen LogP contribution in [0.1, 0.15) is 43.5 Å². The van der Waals surface area contributed by atoms with Crippen LogP contribution in [0.25, 0.3) is 0 Å². The second kappa shape index (κ2) is 9.88. The molecule has 6 heteroatoms. The molecular weight excluding hydrogens is 340 g/mol. The van der Waals surface area contributed by atoms with Gasteiger partial charge in [-0.05, 0) is 45.5 Å². The summed E-state index contributed by atoms with van der Waals surface area (Å²) in [6.45, 7) is 8.48. The number of rotatable bonds is 7. The van der Waals surface area contributed by atoms with E-state index in [1.165, 1.54) is 0 Å². The van der Waals surface area contributed by atoms with Gasteiger partial charge in [0.1, 0.15) is 0 Å². The Morgan fingerprint density at radius 3 is 2.68 bits per heavy atom. The third-order valence-electron chi connectivity index (χ3n) is 4.31. The zero-order valence-corrected chi connectivity index (χ0v) is 16.3. The van der Waals surface area contributed by atoms with Crippen LogP contribution in [0.15, 0.2) is 12.1 Å². The van der Waals surface area contributed by atoms with Crippen molar-refractivity contribution in [3.8, 4) is 11.5 Å². The van der Waals surface area contributed by atoms with Crippen LogP contribution in [-0.4, -0.2) is 62.1 Å². The monoisotopic (exact) mass is 368 g/mol. The number of unbranched alkanes of at least 4 members (excludes halogenated alkanes) is 1. The molecular formula is C19H29ClN2O3. The van der Waals surface area contributed by atoms with Crippen molar-refractivity contribution in [1.82, 2.24) is 9.80 Å². The van der Waals surface area contributed by atoms with E-state index in [9.17, 15) is 4.79 Å². The van der Waals surface area contributed by atoms with Crippen LogP contribution < -0.4 is 9.47 Å². The topological polar surface area (TPSA) is 42.0 Å². The second-order valence-corrected chi connectivity index (χ2v) is 6.78. The lowest BCUT2D eigenvalue weighted by molar-refractivity contribution is 0.0762. The molecule has 0 aliphatic carbocycles. The first-order chi connectivity index (χ1) is 12.1. The number of carbonyl (C=O) groups excluding carboxylic acids is 1. The summed E-state index contributed by atoms with van der Waals surface area (Å²) in [7, 11) is 2.08. The van der Waals surface area contributed by atoms with Crippen molar-refractivity contribution < 1.29 is 14.3 Å². The van der Waals surface area contributed by atoms with Gasteiger partial charge in [-0.3, -0.25) is 4.79 Å². The number of hydrogen-bond donors (Lipinski definition) is 0. The Bertz CT molecular complexity index is 580. The number of benzene rings is 1. The van der Waals surface area contributed by atoms with Crippen molar-refractivity contribution in [1.29, 1.82) is 0 Å². The van der Waals surface area contributed by atoms with E-state index in [-0.39, 0.29) is 5.91 Å². The molecule has 1 aromatic carbocycles. The van der Waals surface area contributed by atoms with Gasteiger partial charge in [0, 0.05) is 25.2 Å². The fraction of sp³-hybridized carbons (Fsp3) is 0.632. The molecule has 0 N–H and O–H groups in total. The number of likely N-dealkylation sites (N-methyl/N-ethyl adjacent to an activating group) is 1. The van der Waals surface area contributed by atoms with Crippen molar-refractivity contribution in [2.45, 2.75) is 33.1 Å². The molecule has 25 heavy (non-hydrogen) atoms. The molecule has 1 fully saturated rings. The molecule has 140 valence electrons. The van der Waals surface area contributed by atoms with E-state index in [0.29, 0.717) is 35.3 Å². The fourth-order valence-corrected chi connectivity index (χ4v) is 3.11. The van der Waals surface area contributed by atoms with E-state index in [2.05, 4.69) is 18.9 Å². The SMILES string of the molecule is CCCCOc1c(Cl)cc(C(=O)N2CCCN(C)CC2)cc1OCC. The van der Waals surface area contributed by atoms with Gasteiger partial charge in [0.15, 0.2) is 11.5 Å². The molecule has 0 spiro atoms. The van der Waals surface area contributed by atoms with E-state index in [0.717, 1.165) is 45.4 Å². The van der Waals surface area contributed by atoms with Crippen molar-refractivity contribution in [2.75, 3.05) is 46.4 Å². The maximum absolute atomic E-state index is 12.9. The summed E-state index contributed by atoms with van der Waals surface area (Å²) in [5.74, 6) is 1.07. The molecule has 1 aliphatic rings. The van der Waals surface area contributed by atoms with Crippen LogP contribution in [0.2, 0.25) is 5.02 Å². The van der Waals surface area contributed by atoms with Gasteiger partial charge in [-0.1, -0.05) is 24.9 Å². The largest absolute Gasteiger partial charge is 0.490 e. The highest BCUT2D eigenvalue weighted by molar-refractivity contribution is 6.32. The Morgan fingerprint density at radius 1 is 1.16 bits per heavy atom. The highest BCUT2D eigenvalue weighted by Crippen LogP contribution is 2.37. The maximum atomic E-state index is 12.9. The number of ether oxygens (including phenoxy) is 2. The van der Waals surface area contributed by atoms with Gasteiger partial charge in [-0.15, -0.1) is 0 Å². The zero-order chi connectivity index (χ0) is 18.2. The molecule has 1 aromatic rings. The van der Waals surface area contributed by atoms with Gasteiger partial charge in [-0.2, -0.15) is 0 Å². The fourth-order valence-electron chi connectivity index (χ4n) is 2.85. The van der Waals surface area contributed by atoms with Crippen molar-refractivity contribution in [2.24, 2.45) is 0 Å². The zero-order valence-electron chi connectivity index (χ0n) is 15.5. The molecule has 2 rings (SSSR count). The highest BCUT2D eigenvalue weighted by atomic mass is 35.5. The minimum atomic E-state index is -0.00161. The number of nitrogens with zero attached hydrogens (tertiary/aromatic N) is 2. The Morgan fingerprint density at radius 2 is 1.96 bits per heavy atom. The average molecular weight is 369 g/mol. The predicted octanol–water partition coefficient (Wildman–Crippen LogP) is 3.70.